The van der Waals surface area contributed by atoms with Crippen LogP contribution < -0.4 is 5.73 Å². The highest BCUT2D eigenvalue weighted by atomic mass is 16.1. The summed E-state index contributed by atoms with van der Waals surface area (Å²) < 4.78 is 0. The van der Waals surface area contributed by atoms with Crippen LogP contribution in [-0.4, -0.2) is 17.5 Å². The Labute approximate surface area is 117 Å². The number of nitriles is 2. The molecule has 1 aromatic rings. The largest absolute Gasteiger partial charge is 0.397 e. The molecular formula is C14H13BN4O. The van der Waals surface area contributed by atoms with Crippen LogP contribution in [0.5, 0.6) is 0 Å². The molecule has 0 radical (unpaired) electrons. The van der Waals surface area contributed by atoms with Gasteiger partial charge in [-0.05, 0) is 30.4 Å². The topological polar surface area (TPSA) is 104 Å². The van der Waals surface area contributed by atoms with Crippen LogP contribution >= 0.6 is 0 Å². The van der Waals surface area contributed by atoms with E-state index in [1.54, 1.807) is 12.1 Å². The highest BCUT2D eigenvalue weighted by Gasteiger charge is 2.20. The number of hydrogen-bond acceptors (Lipinski definition) is 5. The van der Waals surface area contributed by atoms with Crippen LogP contribution in [0.4, 0.5) is 5.69 Å². The number of nitrogens with two attached hydrogens (primary N) is 1. The van der Waals surface area contributed by atoms with E-state index in [-0.39, 0.29) is 24.6 Å². The minimum absolute atomic E-state index is 0.0622. The van der Waals surface area contributed by atoms with E-state index in [0.717, 1.165) is 18.3 Å². The van der Waals surface area contributed by atoms with Gasteiger partial charge in [-0.1, -0.05) is 12.4 Å². The molecule has 2 rings (SSSR count). The molecular weight excluding hydrogens is 251 g/mol. The third-order valence-electron chi connectivity index (χ3n) is 3.35. The average molecular weight is 264 g/mol. The molecule has 1 aliphatic rings. The maximum Gasteiger partial charge on any atom is 0.271 e. The Bertz CT molecular complexity index is 654. The molecule has 98 valence electrons. The van der Waals surface area contributed by atoms with Crippen molar-refractivity contribution in [3.05, 3.63) is 29.6 Å². The van der Waals surface area contributed by atoms with Crippen LogP contribution in [0.2, 0.25) is 12.6 Å². The van der Waals surface area contributed by atoms with Crippen molar-refractivity contribution >= 4 is 23.8 Å². The normalized spacial score (nSPS) is 14.1. The van der Waals surface area contributed by atoms with Crippen molar-refractivity contribution in [2.45, 2.75) is 25.5 Å². The van der Waals surface area contributed by atoms with E-state index < -0.39 is 0 Å². The third kappa shape index (κ3) is 2.86. The summed E-state index contributed by atoms with van der Waals surface area (Å²) in [7, 11) is 0. The van der Waals surface area contributed by atoms with E-state index in [4.69, 9.17) is 16.3 Å². The zero-order chi connectivity index (χ0) is 14.5. The molecule has 0 aliphatic carbocycles. The van der Waals surface area contributed by atoms with Crippen molar-refractivity contribution in [2.24, 2.45) is 0 Å². The van der Waals surface area contributed by atoms with E-state index >= 15 is 0 Å². The van der Waals surface area contributed by atoms with E-state index in [1.807, 2.05) is 12.1 Å². The summed E-state index contributed by atoms with van der Waals surface area (Å²) in [6.07, 6.45) is 4.04. The summed E-state index contributed by atoms with van der Waals surface area (Å²) in [5.74, 6) is 1.89. The van der Waals surface area contributed by atoms with Gasteiger partial charge in [-0.2, -0.15) is 5.26 Å². The molecule has 1 aromatic heterocycles. The molecule has 0 saturated heterocycles. The number of carbonyl (C=O) groups is 1. The lowest BCUT2D eigenvalue weighted by molar-refractivity contribution is 0.0994. The van der Waals surface area contributed by atoms with Gasteiger partial charge in [-0.15, -0.1) is 0 Å². The number of ketones is 1. The van der Waals surface area contributed by atoms with Crippen molar-refractivity contribution in [3.63, 3.8) is 0 Å². The molecule has 0 amide bonds. The molecule has 0 aromatic carbocycles. The predicted octanol–water partition coefficient (Wildman–Crippen LogP) is 2.10. The summed E-state index contributed by atoms with van der Waals surface area (Å²) in [6.45, 7) is 0.0622. The van der Waals surface area contributed by atoms with Gasteiger partial charge in [0.15, 0.2) is 5.78 Å². The Hall–Kier alpha value is -2.60. The van der Waals surface area contributed by atoms with Gasteiger partial charge in [-0.25, -0.2) is 10.2 Å². The molecule has 6 heteroatoms. The van der Waals surface area contributed by atoms with Gasteiger partial charge in [0, 0.05) is 5.97 Å². The minimum Gasteiger partial charge on any atom is -0.397 e. The number of allylic oxidation sites excluding steroid dienone is 2. The van der Waals surface area contributed by atoms with Gasteiger partial charge < -0.3 is 5.73 Å². The summed E-state index contributed by atoms with van der Waals surface area (Å²) >= 11 is 0. The van der Waals surface area contributed by atoms with Crippen molar-refractivity contribution in [1.82, 2.24) is 4.98 Å². The fourth-order valence-electron chi connectivity index (χ4n) is 2.21. The van der Waals surface area contributed by atoms with E-state index in [2.05, 4.69) is 11.0 Å². The Kier molecular flexibility index (Phi) is 4.17. The van der Waals surface area contributed by atoms with E-state index in [9.17, 15) is 4.79 Å². The highest BCUT2D eigenvalue weighted by Crippen LogP contribution is 2.27. The second-order valence-electron chi connectivity index (χ2n) is 4.72. The number of aromatic nitrogens is 1. The monoisotopic (exact) mass is 264 g/mol. The zero-order valence-corrected chi connectivity index (χ0v) is 11.0. The molecule has 0 fully saturated rings. The fraction of sp³-hybridized carbons (Fsp3) is 0.286. The molecule has 0 saturated carbocycles. The van der Waals surface area contributed by atoms with Crippen molar-refractivity contribution in [2.75, 3.05) is 5.73 Å². The molecule has 0 unspecified atom stereocenters. The Balaban J connectivity index is 2.29. The summed E-state index contributed by atoms with van der Waals surface area (Å²) in [5, 5.41) is 17.5. The first-order chi connectivity index (χ1) is 9.65. The molecule has 0 bridgehead atoms. The van der Waals surface area contributed by atoms with Gasteiger partial charge in [0.1, 0.15) is 12.1 Å². The minimum atomic E-state index is -0.363. The lowest BCUT2D eigenvalue weighted by Gasteiger charge is -2.15. The lowest BCUT2D eigenvalue weighted by Crippen LogP contribution is -2.14. The first-order valence-electron chi connectivity index (χ1n) is 6.41. The van der Waals surface area contributed by atoms with E-state index in [0.29, 0.717) is 17.7 Å². The quantitative estimate of drug-likeness (QED) is 0.665. The van der Waals surface area contributed by atoms with Gasteiger partial charge in [0.25, 0.3) is 6.71 Å². The molecule has 20 heavy (non-hydrogen) atoms. The van der Waals surface area contributed by atoms with Crippen LogP contribution in [0.3, 0.4) is 0 Å². The predicted molar refractivity (Wildman–Crippen MR) is 76.8 cm³/mol. The Morgan fingerprint density at radius 1 is 1.45 bits per heavy atom. The van der Waals surface area contributed by atoms with Gasteiger partial charge >= 0.3 is 0 Å². The number of carbonyl (C=O) groups excluding carboxylic acids is 1. The number of hydrogen-bond donors (Lipinski definition) is 1. The highest BCUT2D eigenvalue weighted by molar-refractivity contribution is 6.67. The summed E-state index contributed by atoms with van der Waals surface area (Å²) in [5.41, 5.74) is 7.93. The van der Waals surface area contributed by atoms with Crippen LogP contribution in [0.1, 0.15) is 29.0 Å². The maximum atomic E-state index is 11.8. The second-order valence-corrected chi connectivity index (χ2v) is 4.72. The molecule has 2 N–H and O–H groups in total. The average Bonchev–Trinajstić information content (AvgIpc) is 2.48. The number of nitrogen functional groups attached to an aromatic ring is 1. The lowest BCUT2D eigenvalue weighted by atomic mass is 9.44. The standard InChI is InChI=1S/C14H13BN4O/c16-8-5-13(20)14-11(18)1-2-12(19-14)10-3-6-15(9-17)7-4-10/h1-3H,4-7,18H2. The number of Topliss-reactive ketones (excluding diaryl/α,β-unsaturated/α-hetero) is 1. The number of nitrogens with zero attached hydrogens (tertiary/aromatic N) is 3. The van der Waals surface area contributed by atoms with Crippen LogP contribution in [0.25, 0.3) is 5.57 Å². The van der Waals surface area contributed by atoms with Gasteiger partial charge in [0.05, 0.1) is 17.5 Å². The molecule has 1 aliphatic heterocycles. The maximum absolute atomic E-state index is 11.8. The molecule has 0 atom stereocenters. The SMILES string of the molecule is N#CCC(=O)c1nc(C2=CCB(C#N)CC2)ccc1N. The van der Waals surface area contributed by atoms with Gasteiger partial charge in [-0.3, -0.25) is 4.79 Å². The fourth-order valence-corrected chi connectivity index (χ4v) is 2.21. The molecule has 2 heterocycles. The molecule has 5 nitrogen and oxygen atoms in total. The Morgan fingerprint density at radius 2 is 2.25 bits per heavy atom. The zero-order valence-electron chi connectivity index (χ0n) is 11.0. The second kappa shape index (κ2) is 6.03. The van der Waals surface area contributed by atoms with Crippen LogP contribution in [0, 0.1) is 22.6 Å². The first kappa shape index (κ1) is 13.8. The Morgan fingerprint density at radius 3 is 2.85 bits per heavy atom. The number of rotatable bonds is 3. The summed E-state index contributed by atoms with van der Waals surface area (Å²) in [6, 6.07) is 5.23. The summed E-state index contributed by atoms with van der Waals surface area (Å²) in [4.78, 5) is 16.1. The van der Waals surface area contributed by atoms with Crippen LogP contribution in [0.15, 0.2) is 18.2 Å². The van der Waals surface area contributed by atoms with Crippen molar-refractivity contribution < 1.29 is 4.79 Å². The first-order valence-corrected chi connectivity index (χ1v) is 6.41. The molecule has 0 spiro atoms. The number of pyridine rings is 1. The van der Waals surface area contributed by atoms with Crippen LogP contribution in [-0.2, 0) is 0 Å². The van der Waals surface area contributed by atoms with Crippen molar-refractivity contribution in [3.8, 4) is 12.0 Å². The number of anilines is 1. The van der Waals surface area contributed by atoms with Gasteiger partial charge in [0.2, 0.25) is 0 Å². The van der Waals surface area contributed by atoms with Crippen molar-refractivity contribution in [1.29, 1.82) is 10.5 Å². The third-order valence-corrected chi connectivity index (χ3v) is 3.35. The van der Waals surface area contributed by atoms with E-state index in [1.165, 1.54) is 0 Å². The smallest absolute Gasteiger partial charge is 0.271 e.